The van der Waals surface area contributed by atoms with Gasteiger partial charge in [-0.15, -0.1) is 0 Å². The molecule has 1 saturated heterocycles. The molecule has 1 N–H and O–H groups in total. The monoisotopic (exact) mass is 226 g/mol. The van der Waals surface area contributed by atoms with E-state index in [0.717, 1.165) is 6.42 Å². The van der Waals surface area contributed by atoms with E-state index >= 15 is 0 Å². The van der Waals surface area contributed by atoms with Crippen LogP contribution >= 0.6 is 0 Å². The fraction of sp³-hybridized carbons (Fsp3) is 0.750. The molecular weight excluding hydrogens is 208 g/mol. The summed E-state index contributed by atoms with van der Waals surface area (Å²) in [5.74, 6) is -1.26. The van der Waals surface area contributed by atoms with Crippen molar-refractivity contribution in [3.8, 4) is 0 Å². The van der Waals surface area contributed by atoms with Crippen molar-refractivity contribution in [1.29, 1.82) is 0 Å². The van der Waals surface area contributed by atoms with Crippen molar-refractivity contribution in [2.24, 2.45) is 5.92 Å². The lowest BCUT2D eigenvalue weighted by Gasteiger charge is -2.35. The molecular formula is C12H18O4. The quantitative estimate of drug-likeness (QED) is 0.723. The van der Waals surface area contributed by atoms with Crippen molar-refractivity contribution in [1.82, 2.24) is 0 Å². The Balaban J connectivity index is 2.26. The number of rotatable bonds is 5. The topological polar surface area (TPSA) is 55.8 Å². The minimum atomic E-state index is -0.787. The van der Waals surface area contributed by atoms with Crippen molar-refractivity contribution in [3.63, 3.8) is 0 Å². The third-order valence-electron chi connectivity index (χ3n) is 3.48. The molecule has 4 atom stereocenters. The second-order valence-electron chi connectivity index (χ2n) is 4.35. The van der Waals surface area contributed by atoms with Crippen LogP contribution in [0, 0.1) is 5.92 Å². The van der Waals surface area contributed by atoms with Crippen LogP contribution in [0.1, 0.15) is 26.7 Å². The van der Waals surface area contributed by atoms with E-state index < -0.39 is 17.5 Å². The predicted octanol–water partition coefficient (Wildman–Crippen LogP) is 1.60. The zero-order valence-electron chi connectivity index (χ0n) is 9.68. The van der Waals surface area contributed by atoms with Gasteiger partial charge in [0, 0.05) is 6.61 Å². The number of carboxylic acids is 1. The van der Waals surface area contributed by atoms with Gasteiger partial charge in [-0.05, 0) is 19.8 Å². The van der Waals surface area contributed by atoms with Crippen molar-refractivity contribution in [3.05, 3.63) is 12.2 Å². The van der Waals surface area contributed by atoms with Gasteiger partial charge in [0.05, 0.1) is 18.1 Å². The second kappa shape index (κ2) is 4.18. The SMILES string of the molecule is CCOC(CC)C12C=CC(CC1C(=O)O)O2. The average Bonchev–Trinajstić information content (AvgIpc) is 2.83. The molecule has 4 nitrogen and oxygen atoms in total. The predicted molar refractivity (Wildman–Crippen MR) is 58.2 cm³/mol. The van der Waals surface area contributed by atoms with Gasteiger partial charge in [0.15, 0.2) is 0 Å². The van der Waals surface area contributed by atoms with E-state index in [9.17, 15) is 9.90 Å². The summed E-state index contributed by atoms with van der Waals surface area (Å²) < 4.78 is 11.5. The highest BCUT2D eigenvalue weighted by Gasteiger charge is 2.57. The van der Waals surface area contributed by atoms with Gasteiger partial charge in [-0.1, -0.05) is 19.1 Å². The number of aliphatic carboxylic acids is 1. The fourth-order valence-corrected chi connectivity index (χ4v) is 2.81. The Labute approximate surface area is 95.2 Å². The first-order valence-corrected chi connectivity index (χ1v) is 5.85. The summed E-state index contributed by atoms with van der Waals surface area (Å²) in [6.07, 6.45) is 4.97. The molecule has 16 heavy (non-hydrogen) atoms. The molecule has 1 fully saturated rings. The molecule has 0 spiro atoms. The Morgan fingerprint density at radius 1 is 1.69 bits per heavy atom. The smallest absolute Gasteiger partial charge is 0.309 e. The first-order valence-electron chi connectivity index (χ1n) is 5.85. The zero-order chi connectivity index (χ0) is 11.8. The molecule has 2 rings (SSSR count). The van der Waals surface area contributed by atoms with E-state index in [1.165, 1.54) is 0 Å². The Bertz CT molecular complexity index is 312. The van der Waals surface area contributed by atoms with E-state index in [-0.39, 0.29) is 12.2 Å². The van der Waals surface area contributed by atoms with Gasteiger partial charge in [0.2, 0.25) is 0 Å². The minimum absolute atomic E-state index is 0.0457. The number of ether oxygens (including phenoxy) is 2. The van der Waals surface area contributed by atoms with Crippen LogP contribution in [0.2, 0.25) is 0 Å². The minimum Gasteiger partial charge on any atom is -0.481 e. The number of carboxylic acid groups (broad SMARTS) is 1. The highest BCUT2D eigenvalue weighted by atomic mass is 16.6. The number of hydrogen-bond donors (Lipinski definition) is 1. The molecule has 2 heterocycles. The normalized spacial score (nSPS) is 37.9. The van der Waals surface area contributed by atoms with Crippen LogP contribution in [-0.4, -0.2) is 35.5 Å². The summed E-state index contributed by atoms with van der Waals surface area (Å²) in [6.45, 7) is 4.49. The van der Waals surface area contributed by atoms with E-state index in [2.05, 4.69) is 0 Å². The highest BCUT2D eigenvalue weighted by molar-refractivity contribution is 5.73. The lowest BCUT2D eigenvalue weighted by Crippen LogP contribution is -2.48. The molecule has 0 aliphatic carbocycles. The molecule has 2 bridgehead atoms. The van der Waals surface area contributed by atoms with Gasteiger partial charge in [-0.25, -0.2) is 0 Å². The summed E-state index contributed by atoms with van der Waals surface area (Å²) in [5.41, 5.74) is -0.735. The van der Waals surface area contributed by atoms with E-state index in [0.29, 0.717) is 13.0 Å². The fourth-order valence-electron chi connectivity index (χ4n) is 2.81. The zero-order valence-corrected chi connectivity index (χ0v) is 9.68. The average molecular weight is 226 g/mol. The lowest BCUT2D eigenvalue weighted by molar-refractivity contribution is -0.155. The Morgan fingerprint density at radius 2 is 2.44 bits per heavy atom. The Hall–Kier alpha value is -0.870. The van der Waals surface area contributed by atoms with Crippen LogP contribution in [0.5, 0.6) is 0 Å². The van der Waals surface area contributed by atoms with Crippen LogP contribution < -0.4 is 0 Å². The summed E-state index contributed by atoms with van der Waals surface area (Å²) in [6, 6.07) is 0. The molecule has 0 amide bonds. The first-order chi connectivity index (χ1) is 7.64. The molecule has 4 heteroatoms. The van der Waals surface area contributed by atoms with Gasteiger partial charge in [0.25, 0.3) is 0 Å². The van der Waals surface area contributed by atoms with Crippen molar-refractivity contribution < 1.29 is 19.4 Å². The molecule has 2 aliphatic rings. The second-order valence-corrected chi connectivity index (χ2v) is 4.35. The lowest BCUT2D eigenvalue weighted by atomic mass is 9.78. The molecule has 2 aliphatic heterocycles. The summed E-state index contributed by atoms with van der Waals surface area (Å²) in [4.78, 5) is 11.3. The highest BCUT2D eigenvalue weighted by Crippen LogP contribution is 2.47. The van der Waals surface area contributed by atoms with Crippen LogP contribution in [0.15, 0.2) is 12.2 Å². The maximum Gasteiger partial charge on any atom is 0.309 e. The number of carbonyl (C=O) groups is 1. The summed E-state index contributed by atoms with van der Waals surface area (Å²) >= 11 is 0. The molecule has 0 radical (unpaired) electrons. The Kier molecular flexibility index (Phi) is 3.04. The van der Waals surface area contributed by atoms with Crippen LogP contribution in [-0.2, 0) is 14.3 Å². The first kappa shape index (κ1) is 11.6. The van der Waals surface area contributed by atoms with Crippen molar-refractivity contribution in [2.75, 3.05) is 6.61 Å². The van der Waals surface area contributed by atoms with Gasteiger partial charge in [-0.3, -0.25) is 4.79 Å². The van der Waals surface area contributed by atoms with Crippen LogP contribution in [0.4, 0.5) is 0 Å². The van der Waals surface area contributed by atoms with Crippen molar-refractivity contribution >= 4 is 5.97 Å². The van der Waals surface area contributed by atoms with Crippen LogP contribution in [0.25, 0.3) is 0 Å². The molecule has 0 aromatic carbocycles. The molecule has 0 saturated carbocycles. The molecule has 90 valence electrons. The largest absolute Gasteiger partial charge is 0.481 e. The number of hydrogen-bond acceptors (Lipinski definition) is 3. The molecule has 0 aromatic heterocycles. The van der Waals surface area contributed by atoms with Gasteiger partial charge in [0.1, 0.15) is 5.60 Å². The van der Waals surface area contributed by atoms with Gasteiger partial charge < -0.3 is 14.6 Å². The van der Waals surface area contributed by atoms with E-state index in [4.69, 9.17) is 9.47 Å². The Morgan fingerprint density at radius 3 is 2.94 bits per heavy atom. The maximum absolute atomic E-state index is 11.3. The van der Waals surface area contributed by atoms with Gasteiger partial charge >= 0.3 is 5.97 Å². The van der Waals surface area contributed by atoms with Gasteiger partial charge in [-0.2, -0.15) is 0 Å². The molecule has 0 aromatic rings. The summed E-state index contributed by atoms with van der Waals surface area (Å²) in [7, 11) is 0. The standard InChI is InChI=1S/C12H18O4/c1-3-10(15-4-2)12-6-5-8(16-12)7-9(12)11(13)14/h5-6,8-10H,3-4,7H2,1-2H3,(H,13,14). The summed E-state index contributed by atoms with van der Waals surface area (Å²) in [5, 5.41) is 9.24. The third-order valence-corrected chi connectivity index (χ3v) is 3.48. The maximum atomic E-state index is 11.3. The molecule has 4 unspecified atom stereocenters. The van der Waals surface area contributed by atoms with Crippen LogP contribution in [0.3, 0.4) is 0 Å². The van der Waals surface area contributed by atoms with Crippen molar-refractivity contribution in [2.45, 2.75) is 44.5 Å². The van der Waals surface area contributed by atoms with E-state index in [1.807, 2.05) is 26.0 Å². The third kappa shape index (κ3) is 1.57. The number of fused-ring (bicyclic) bond motifs is 2. The van der Waals surface area contributed by atoms with E-state index in [1.54, 1.807) is 0 Å².